The fourth-order valence-corrected chi connectivity index (χ4v) is 4.70. The number of anilines is 1. The Balaban J connectivity index is 1.36. The molecule has 156 valence electrons. The lowest BCUT2D eigenvalue weighted by molar-refractivity contribution is -0.932. The molecule has 2 aliphatic rings. The molecule has 4 rings (SSSR count). The van der Waals surface area contributed by atoms with Gasteiger partial charge in [0.1, 0.15) is 5.82 Å². The molecule has 0 spiro atoms. The third-order valence-electron chi connectivity index (χ3n) is 6.43. The lowest BCUT2D eigenvalue weighted by atomic mass is 9.88. The molecular weight excluding hydrogens is 369 g/mol. The molecule has 2 aromatic rings. The monoisotopic (exact) mass is 400 g/mol. The Kier molecular flexibility index (Phi) is 6.49. The SMILES string of the molecule is O=C(NC[C@H](c1ccco1)[NH+]1CCN(c2ccc(F)cc2)CC1)C1CCCCC1. The predicted molar refractivity (Wildman–Crippen MR) is 110 cm³/mol. The van der Waals surface area contributed by atoms with Crippen molar-refractivity contribution in [1.82, 2.24) is 5.32 Å². The van der Waals surface area contributed by atoms with Gasteiger partial charge in [-0.05, 0) is 49.2 Å². The molecule has 1 aliphatic heterocycles. The molecular formula is C23H31FN3O2+. The first-order valence-electron chi connectivity index (χ1n) is 10.9. The summed E-state index contributed by atoms with van der Waals surface area (Å²) < 4.78 is 18.9. The molecule has 6 heteroatoms. The predicted octanol–water partition coefficient (Wildman–Crippen LogP) is 2.56. The zero-order chi connectivity index (χ0) is 20.1. The van der Waals surface area contributed by atoms with Crippen LogP contribution in [-0.4, -0.2) is 38.6 Å². The lowest BCUT2D eigenvalue weighted by Crippen LogP contribution is -3.15. The van der Waals surface area contributed by atoms with Crippen LogP contribution in [-0.2, 0) is 4.79 Å². The third-order valence-corrected chi connectivity index (χ3v) is 6.43. The molecule has 2 fully saturated rings. The van der Waals surface area contributed by atoms with E-state index < -0.39 is 0 Å². The normalized spacial score (nSPS) is 19.8. The Bertz CT molecular complexity index is 764. The van der Waals surface area contributed by atoms with Gasteiger partial charge in [-0.15, -0.1) is 0 Å². The van der Waals surface area contributed by atoms with Gasteiger partial charge in [0.25, 0.3) is 0 Å². The first-order valence-corrected chi connectivity index (χ1v) is 10.9. The van der Waals surface area contributed by atoms with Crippen LogP contribution in [0.25, 0.3) is 0 Å². The molecule has 0 bridgehead atoms. The van der Waals surface area contributed by atoms with E-state index in [9.17, 15) is 9.18 Å². The molecule has 5 nitrogen and oxygen atoms in total. The van der Waals surface area contributed by atoms with Gasteiger partial charge in [0.05, 0.1) is 39.0 Å². The van der Waals surface area contributed by atoms with Crippen LogP contribution in [0.5, 0.6) is 0 Å². The fraction of sp³-hybridized carbons (Fsp3) is 0.522. The van der Waals surface area contributed by atoms with Crippen molar-refractivity contribution in [2.75, 3.05) is 37.6 Å². The summed E-state index contributed by atoms with van der Waals surface area (Å²) in [6.07, 6.45) is 7.31. The van der Waals surface area contributed by atoms with Gasteiger partial charge >= 0.3 is 0 Å². The van der Waals surface area contributed by atoms with Gasteiger partial charge in [-0.25, -0.2) is 4.39 Å². The number of quaternary nitrogens is 1. The van der Waals surface area contributed by atoms with Gasteiger partial charge in [-0.1, -0.05) is 19.3 Å². The maximum atomic E-state index is 13.2. The molecule has 1 atom stereocenters. The summed E-state index contributed by atoms with van der Waals surface area (Å²) in [5, 5.41) is 3.21. The first kappa shape index (κ1) is 20.0. The second-order valence-corrected chi connectivity index (χ2v) is 8.27. The molecule has 1 aromatic heterocycles. The number of carbonyl (C=O) groups excluding carboxylic acids is 1. The van der Waals surface area contributed by atoms with Crippen molar-refractivity contribution in [1.29, 1.82) is 0 Å². The number of rotatable bonds is 6. The highest BCUT2D eigenvalue weighted by molar-refractivity contribution is 5.78. The minimum Gasteiger partial charge on any atom is -0.463 e. The van der Waals surface area contributed by atoms with Crippen molar-refractivity contribution < 1.29 is 18.5 Å². The summed E-state index contributed by atoms with van der Waals surface area (Å²) in [6, 6.07) is 10.8. The molecule has 2 heterocycles. The van der Waals surface area contributed by atoms with Crippen LogP contribution in [0, 0.1) is 11.7 Å². The number of piperazine rings is 1. The summed E-state index contributed by atoms with van der Waals surface area (Å²) in [6.45, 7) is 4.29. The second kappa shape index (κ2) is 9.44. The largest absolute Gasteiger partial charge is 0.463 e. The molecule has 0 radical (unpaired) electrons. The van der Waals surface area contributed by atoms with Gasteiger partial charge in [-0.3, -0.25) is 4.79 Å². The van der Waals surface area contributed by atoms with Gasteiger partial charge in [0.15, 0.2) is 11.8 Å². The van der Waals surface area contributed by atoms with Crippen LogP contribution in [0.1, 0.15) is 43.9 Å². The van der Waals surface area contributed by atoms with Gasteiger partial charge in [0.2, 0.25) is 5.91 Å². The highest BCUT2D eigenvalue weighted by Gasteiger charge is 2.32. The van der Waals surface area contributed by atoms with E-state index in [-0.39, 0.29) is 23.7 Å². The smallest absolute Gasteiger partial charge is 0.223 e. The van der Waals surface area contributed by atoms with Crippen LogP contribution in [0.3, 0.4) is 0 Å². The average molecular weight is 401 g/mol. The Morgan fingerprint density at radius 2 is 1.86 bits per heavy atom. The standard InChI is InChI=1S/C23H30FN3O2/c24-19-8-10-20(11-9-19)26-12-14-27(15-13-26)21(22-7-4-16-29-22)17-25-23(28)18-5-2-1-3-6-18/h4,7-11,16,18,21H,1-3,5-6,12-15,17H2,(H,25,28)/p+1/t21-/m1/s1. The van der Waals surface area contributed by atoms with E-state index in [2.05, 4.69) is 10.2 Å². The molecule has 1 aromatic carbocycles. The summed E-state index contributed by atoms with van der Waals surface area (Å²) in [5.41, 5.74) is 1.06. The number of benzene rings is 1. The number of hydrogen-bond acceptors (Lipinski definition) is 3. The van der Waals surface area contributed by atoms with Crippen molar-refractivity contribution in [3.63, 3.8) is 0 Å². The minimum atomic E-state index is -0.204. The van der Waals surface area contributed by atoms with E-state index in [0.29, 0.717) is 6.54 Å². The Hall–Kier alpha value is -2.34. The van der Waals surface area contributed by atoms with Crippen LogP contribution < -0.4 is 15.1 Å². The third kappa shape index (κ3) is 4.99. The van der Waals surface area contributed by atoms with E-state index in [4.69, 9.17) is 4.42 Å². The van der Waals surface area contributed by atoms with Crippen molar-refractivity contribution in [3.05, 3.63) is 54.2 Å². The van der Waals surface area contributed by atoms with Crippen LogP contribution >= 0.6 is 0 Å². The van der Waals surface area contributed by atoms with E-state index >= 15 is 0 Å². The van der Waals surface area contributed by atoms with Crippen molar-refractivity contribution in [2.45, 2.75) is 38.1 Å². The van der Waals surface area contributed by atoms with Crippen molar-refractivity contribution in [2.24, 2.45) is 5.92 Å². The molecule has 1 amide bonds. The van der Waals surface area contributed by atoms with Gasteiger partial charge in [0, 0.05) is 11.6 Å². The Morgan fingerprint density at radius 1 is 1.14 bits per heavy atom. The summed E-state index contributed by atoms with van der Waals surface area (Å²) in [5.74, 6) is 1.10. The molecule has 1 aliphatic carbocycles. The van der Waals surface area contributed by atoms with E-state index in [1.807, 2.05) is 24.3 Å². The summed E-state index contributed by atoms with van der Waals surface area (Å²) in [4.78, 5) is 16.3. The number of nitrogens with one attached hydrogen (secondary N) is 2. The van der Waals surface area contributed by atoms with E-state index in [0.717, 1.165) is 63.3 Å². The molecule has 1 saturated heterocycles. The minimum absolute atomic E-state index is 0.118. The topological polar surface area (TPSA) is 49.9 Å². The summed E-state index contributed by atoms with van der Waals surface area (Å²) in [7, 11) is 0. The molecule has 0 unspecified atom stereocenters. The van der Waals surface area contributed by atoms with Crippen LogP contribution in [0.4, 0.5) is 10.1 Å². The molecule has 2 N–H and O–H groups in total. The number of nitrogens with zero attached hydrogens (tertiary/aromatic N) is 1. The maximum absolute atomic E-state index is 13.2. The fourth-order valence-electron chi connectivity index (χ4n) is 4.70. The zero-order valence-corrected chi connectivity index (χ0v) is 16.9. The number of carbonyl (C=O) groups is 1. The van der Waals surface area contributed by atoms with Crippen LogP contribution in [0.2, 0.25) is 0 Å². The zero-order valence-electron chi connectivity index (χ0n) is 16.9. The van der Waals surface area contributed by atoms with Gasteiger partial charge < -0.3 is 19.5 Å². The number of hydrogen-bond donors (Lipinski definition) is 2. The lowest BCUT2D eigenvalue weighted by Gasteiger charge is -2.37. The molecule has 1 saturated carbocycles. The van der Waals surface area contributed by atoms with Gasteiger partial charge in [-0.2, -0.15) is 0 Å². The highest BCUT2D eigenvalue weighted by Crippen LogP contribution is 2.24. The Labute approximate surface area is 171 Å². The highest BCUT2D eigenvalue weighted by atomic mass is 19.1. The maximum Gasteiger partial charge on any atom is 0.223 e. The van der Waals surface area contributed by atoms with E-state index in [1.165, 1.54) is 23.5 Å². The van der Waals surface area contributed by atoms with Crippen LogP contribution in [0.15, 0.2) is 47.1 Å². The number of halogens is 1. The summed E-state index contributed by atoms with van der Waals surface area (Å²) >= 11 is 0. The second-order valence-electron chi connectivity index (χ2n) is 8.27. The molecule has 29 heavy (non-hydrogen) atoms. The first-order chi connectivity index (χ1) is 14.2. The quantitative estimate of drug-likeness (QED) is 0.784. The van der Waals surface area contributed by atoms with E-state index in [1.54, 1.807) is 6.26 Å². The number of amides is 1. The van der Waals surface area contributed by atoms with Crippen molar-refractivity contribution >= 4 is 11.6 Å². The number of furan rings is 1. The Morgan fingerprint density at radius 3 is 2.52 bits per heavy atom. The average Bonchev–Trinajstić information content (AvgIpc) is 3.30. The van der Waals surface area contributed by atoms with Crippen molar-refractivity contribution in [3.8, 4) is 0 Å².